The summed E-state index contributed by atoms with van der Waals surface area (Å²) in [6.07, 6.45) is 2.86. The Hall–Kier alpha value is -1.46. The van der Waals surface area contributed by atoms with Crippen LogP contribution >= 0.6 is 0 Å². The van der Waals surface area contributed by atoms with Crippen LogP contribution in [0, 0.1) is 0 Å². The minimum atomic E-state index is -0.280. The fourth-order valence-corrected chi connectivity index (χ4v) is 2.36. The Kier molecular flexibility index (Phi) is 5.09. The number of morpholine rings is 1. The Labute approximate surface area is 120 Å². The Bertz CT molecular complexity index is 445. The maximum absolute atomic E-state index is 10.8. The number of ether oxygens (including phenoxy) is 1. The maximum atomic E-state index is 10.8. The van der Waals surface area contributed by atoms with Crippen molar-refractivity contribution >= 4 is 5.91 Å². The molecule has 5 nitrogen and oxygen atoms in total. The van der Waals surface area contributed by atoms with Crippen LogP contribution in [0.4, 0.5) is 0 Å². The maximum Gasteiger partial charge on any atom is 0.217 e. The number of nitrogens with two attached hydrogens (primary N) is 1. The van der Waals surface area contributed by atoms with Crippen LogP contribution in [0.25, 0.3) is 0 Å². The number of hydrogen-bond acceptors (Lipinski definition) is 4. The van der Waals surface area contributed by atoms with Crippen molar-refractivity contribution in [1.29, 1.82) is 0 Å². The van der Waals surface area contributed by atoms with Gasteiger partial charge in [-0.15, -0.1) is 0 Å². The predicted octanol–water partition coefficient (Wildman–Crippen LogP) is 1.28. The minimum Gasteiger partial charge on any atom is -0.370 e. The van der Waals surface area contributed by atoms with Crippen molar-refractivity contribution < 1.29 is 9.53 Å². The van der Waals surface area contributed by atoms with Crippen LogP contribution in [0.15, 0.2) is 18.3 Å². The molecule has 2 rings (SSSR count). The third kappa shape index (κ3) is 4.02. The van der Waals surface area contributed by atoms with Crippen molar-refractivity contribution in [3.8, 4) is 0 Å². The highest BCUT2D eigenvalue weighted by molar-refractivity contribution is 5.73. The molecule has 0 radical (unpaired) electrons. The monoisotopic (exact) mass is 277 g/mol. The van der Waals surface area contributed by atoms with E-state index in [2.05, 4.69) is 23.7 Å². The van der Waals surface area contributed by atoms with Gasteiger partial charge in [-0.25, -0.2) is 0 Å². The lowest BCUT2D eigenvalue weighted by Gasteiger charge is -2.35. The zero-order valence-electron chi connectivity index (χ0n) is 12.2. The molecule has 20 heavy (non-hydrogen) atoms. The lowest BCUT2D eigenvalue weighted by atomic mass is 10.1. The average molecular weight is 277 g/mol. The number of nitrogens with zero attached hydrogens (tertiary/aromatic N) is 2. The predicted molar refractivity (Wildman–Crippen MR) is 77.2 cm³/mol. The Balaban J connectivity index is 1.97. The van der Waals surface area contributed by atoms with Gasteiger partial charge in [-0.1, -0.05) is 6.07 Å². The van der Waals surface area contributed by atoms with Crippen LogP contribution in [0.1, 0.15) is 37.6 Å². The van der Waals surface area contributed by atoms with Crippen molar-refractivity contribution in [2.24, 2.45) is 5.73 Å². The van der Waals surface area contributed by atoms with E-state index in [1.165, 1.54) is 0 Å². The van der Waals surface area contributed by atoms with Crippen molar-refractivity contribution in [2.45, 2.75) is 38.8 Å². The van der Waals surface area contributed by atoms with Crippen molar-refractivity contribution in [2.75, 3.05) is 19.7 Å². The SMILES string of the molecule is CC(C)N1CCO[C@H](c2ccc(CCC(N)=O)cn2)C1. The molecule has 2 heterocycles. The fourth-order valence-electron chi connectivity index (χ4n) is 2.36. The first-order valence-electron chi connectivity index (χ1n) is 7.15. The van der Waals surface area contributed by atoms with E-state index in [9.17, 15) is 4.79 Å². The molecule has 0 saturated carbocycles. The molecule has 0 bridgehead atoms. The number of carbonyl (C=O) groups excluding carboxylic acids is 1. The van der Waals surface area contributed by atoms with Gasteiger partial charge in [-0.2, -0.15) is 0 Å². The topological polar surface area (TPSA) is 68.5 Å². The summed E-state index contributed by atoms with van der Waals surface area (Å²) in [7, 11) is 0. The molecule has 1 fully saturated rings. The molecule has 1 amide bonds. The van der Waals surface area contributed by atoms with Gasteiger partial charge < -0.3 is 10.5 Å². The van der Waals surface area contributed by atoms with Crippen LogP contribution in [0.2, 0.25) is 0 Å². The molecule has 1 saturated heterocycles. The van der Waals surface area contributed by atoms with Crippen LogP contribution in [0.3, 0.4) is 0 Å². The zero-order chi connectivity index (χ0) is 14.5. The molecule has 0 spiro atoms. The van der Waals surface area contributed by atoms with Crippen molar-refractivity contribution in [3.63, 3.8) is 0 Å². The summed E-state index contributed by atoms with van der Waals surface area (Å²) in [4.78, 5) is 17.6. The molecule has 0 aliphatic carbocycles. The van der Waals surface area contributed by atoms with E-state index < -0.39 is 0 Å². The highest BCUT2D eigenvalue weighted by Crippen LogP contribution is 2.22. The molecule has 0 aromatic carbocycles. The largest absolute Gasteiger partial charge is 0.370 e. The van der Waals surface area contributed by atoms with E-state index >= 15 is 0 Å². The Morgan fingerprint density at radius 2 is 2.35 bits per heavy atom. The summed E-state index contributed by atoms with van der Waals surface area (Å²) >= 11 is 0. The van der Waals surface area contributed by atoms with Crippen LogP contribution < -0.4 is 5.73 Å². The van der Waals surface area contributed by atoms with E-state index in [0.29, 0.717) is 18.9 Å². The van der Waals surface area contributed by atoms with Gasteiger partial charge in [0.25, 0.3) is 0 Å². The first-order chi connectivity index (χ1) is 9.56. The summed E-state index contributed by atoms with van der Waals surface area (Å²) in [5.41, 5.74) is 7.13. The highest BCUT2D eigenvalue weighted by atomic mass is 16.5. The molecule has 0 unspecified atom stereocenters. The molecule has 1 atom stereocenters. The lowest BCUT2D eigenvalue weighted by Crippen LogP contribution is -2.42. The van der Waals surface area contributed by atoms with Gasteiger partial charge in [-0.05, 0) is 31.9 Å². The number of carbonyl (C=O) groups is 1. The average Bonchev–Trinajstić information content (AvgIpc) is 2.46. The number of rotatable bonds is 5. The van der Waals surface area contributed by atoms with Gasteiger partial charge in [0.05, 0.1) is 12.3 Å². The van der Waals surface area contributed by atoms with Crippen molar-refractivity contribution in [1.82, 2.24) is 9.88 Å². The zero-order valence-corrected chi connectivity index (χ0v) is 12.2. The highest BCUT2D eigenvalue weighted by Gasteiger charge is 2.24. The standard InChI is InChI=1S/C15H23N3O2/c1-11(2)18-7-8-20-14(10-18)13-5-3-12(9-17-13)4-6-15(16)19/h3,5,9,11,14H,4,6-8,10H2,1-2H3,(H2,16,19)/t14-/m0/s1. The number of primary amides is 1. The van der Waals surface area contributed by atoms with E-state index in [4.69, 9.17) is 10.5 Å². The molecular weight excluding hydrogens is 254 g/mol. The minimum absolute atomic E-state index is 0.0383. The van der Waals surface area contributed by atoms with Gasteiger partial charge in [0.15, 0.2) is 0 Å². The van der Waals surface area contributed by atoms with Gasteiger partial charge in [0.1, 0.15) is 6.10 Å². The first kappa shape index (κ1) is 14.9. The summed E-state index contributed by atoms with van der Waals surface area (Å²) in [6, 6.07) is 4.52. The smallest absolute Gasteiger partial charge is 0.217 e. The number of hydrogen-bond donors (Lipinski definition) is 1. The van der Waals surface area contributed by atoms with Gasteiger partial charge in [-0.3, -0.25) is 14.7 Å². The number of pyridine rings is 1. The van der Waals surface area contributed by atoms with E-state index in [1.807, 2.05) is 18.3 Å². The molecule has 1 aliphatic heterocycles. The molecule has 1 aromatic rings. The number of amides is 1. The molecular formula is C15H23N3O2. The van der Waals surface area contributed by atoms with Gasteiger partial charge in [0.2, 0.25) is 5.91 Å². The first-order valence-corrected chi connectivity index (χ1v) is 7.15. The van der Waals surface area contributed by atoms with Crippen molar-refractivity contribution in [3.05, 3.63) is 29.6 Å². The van der Waals surface area contributed by atoms with Gasteiger partial charge in [0, 0.05) is 31.7 Å². The van der Waals surface area contributed by atoms with Crippen LogP contribution in [0.5, 0.6) is 0 Å². The quantitative estimate of drug-likeness (QED) is 0.880. The third-order valence-electron chi connectivity index (χ3n) is 3.67. The second kappa shape index (κ2) is 6.81. The number of aryl methyl sites for hydroxylation is 1. The van der Waals surface area contributed by atoms with Gasteiger partial charge >= 0.3 is 0 Å². The molecule has 110 valence electrons. The van der Waals surface area contributed by atoms with Crippen LogP contribution in [-0.2, 0) is 16.0 Å². The second-order valence-electron chi connectivity index (χ2n) is 5.51. The summed E-state index contributed by atoms with van der Waals surface area (Å²) < 4.78 is 5.80. The fraction of sp³-hybridized carbons (Fsp3) is 0.600. The number of aromatic nitrogens is 1. The normalized spacial score (nSPS) is 20.2. The third-order valence-corrected chi connectivity index (χ3v) is 3.67. The lowest BCUT2D eigenvalue weighted by molar-refractivity contribution is -0.117. The summed E-state index contributed by atoms with van der Waals surface area (Å²) in [5.74, 6) is -0.280. The Morgan fingerprint density at radius 3 is 2.95 bits per heavy atom. The van der Waals surface area contributed by atoms with E-state index in [-0.39, 0.29) is 12.0 Å². The second-order valence-corrected chi connectivity index (χ2v) is 5.51. The van der Waals surface area contributed by atoms with E-state index in [1.54, 1.807) is 0 Å². The van der Waals surface area contributed by atoms with Crippen LogP contribution in [-0.4, -0.2) is 41.5 Å². The molecule has 5 heteroatoms. The molecule has 2 N–H and O–H groups in total. The summed E-state index contributed by atoms with van der Waals surface area (Å²) in [6.45, 7) is 7.00. The molecule has 1 aromatic heterocycles. The van der Waals surface area contributed by atoms with E-state index in [0.717, 1.165) is 31.0 Å². The molecule has 1 aliphatic rings. The summed E-state index contributed by atoms with van der Waals surface area (Å²) in [5, 5.41) is 0. The Morgan fingerprint density at radius 1 is 1.55 bits per heavy atom.